The molecule has 2 heterocycles. The smallest absolute Gasteiger partial charge is 0.280 e. The molecule has 6 heteroatoms. The van der Waals surface area contributed by atoms with Crippen molar-refractivity contribution in [2.45, 2.75) is 13.5 Å². The van der Waals surface area contributed by atoms with E-state index in [2.05, 4.69) is 5.10 Å². The molecule has 0 radical (unpaired) electrons. The van der Waals surface area contributed by atoms with Crippen LogP contribution in [-0.4, -0.2) is 22.6 Å². The second-order valence-electron chi connectivity index (χ2n) is 6.55. The summed E-state index contributed by atoms with van der Waals surface area (Å²) in [7, 11) is 1.63. The number of nitrogens with one attached hydrogen (secondary N) is 1. The average molecular weight is 404 g/mol. The molecule has 0 bridgehead atoms. The van der Waals surface area contributed by atoms with Crippen LogP contribution in [0.15, 0.2) is 81.9 Å². The van der Waals surface area contributed by atoms with Crippen molar-refractivity contribution >= 4 is 17.0 Å². The van der Waals surface area contributed by atoms with Crippen molar-refractivity contribution in [1.29, 1.82) is 0 Å². The number of aliphatic imine (C=N–C) groups is 1. The molecule has 0 amide bonds. The van der Waals surface area contributed by atoms with Gasteiger partial charge >= 0.3 is 0 Å². The van der Waals surface area contributed by atoms with Crippen molar-refractivity contribution in [3.63, 3.8) is 0 Å². The van der Waals surface area contributed by atoms with E-state index in [0.717, 1.165) is 27.6 Å². The largest absolute Gasteiger partial charge is 0.497 e. The van der Waals surface area contributed by atoms with Gasteiger partial charge in [-0.15, -0.1) is 11.3 Å². The molecule has 0 aliphatic rings. The van der Waals surface area contributed by atoms with Crippen molar-refractivity contribution in [2.75, 3.05) is 7.11 Å². The summed E-state index contributed by atoms with van der Waals surface area (Å²) in [5.74, 6) is 0.767. The van der Waals surface area contributed by atoms with Crippen LogP contribution >= 0.6 is 11.3 Å². The molecule has 4 rings (SSSR count). The lowest BCUT2D eigenvalue weighted by Gasteiger charge is -2.05. The first kappa shape index (κ1) is 19.0. The van der Waals surface area contributed by atoms with Gasteiger partial charge in [-0.05, 0) is 54.8 Å². The standard InChI is InChI=1S/C23H21N3O2S/c1-16(24-15-20-9-6-14-29-20)21-22(17-10-12-19(28-2)13-11-17)25-26(23(21)27)18-7-4-3-5-8-18/h3-14,25H,15H2,1-2H3. The van der Waals surface area contributed by atoms with Crippen molar-refractivity contribution in [3.8, 4) is 22.7 Å². The maximum atomic E-state index is 13.3. The Kier molecular flexibility index (Phi) is 5.44. The Bertz CT molecular complexity index is 1170. The van der Waals surface area contributed by atoms with Gasteiger partial charge in [-0.3, -0.25) is 14.9 Å². The molecule has 2 aromatic carbocycles. The number of hydrogen-bond donors (Lipinski definition) is 1. The maximum Gasteiger partial charge on any atom is 0.280 e. The first-order valence-electron chi connectivity index (χ1n) is 9.26. The summed E-state index contributed by atoms with van der Waals surface area (Å²) in [6, 6.07) is 21.2. The van der Waals surface area contributed by atoms with Crippen molar-refractivity contribution in [1.82, 2.24) is 9.78 Å². The number of rotatable bonds is 6. The zero-order valence-electron chi connectivity index (χ0n) is 16.3. The van der Waals surface area contributed by atoms with Gasteiger partial charge in [-0.2, -0.15) is 0 Å². The highest BCUT2D eigenvalue weighted by Gasteiger charge is 2.19. The summed E-state index contributed by atoms with van der Waals surface area (Å²) in [5, 5.41) is 5.31. The molecular weight excluding hydrogens is 382 g/mol. The fourth-order valence-electron chi connectivity index (χ4n) is 3.18. The topological polar surface area (TPSA) is 59.4 Å². The van der Waals surface area contributed by atoms with Crippen LogP contribution < -0.4 is 10.3 Å². The molecule has 0 unspecified atom stereocenters. The molecular formula is C23H21N3O2S. The highest BCUT2D eigenvalue weighted by atomic mass is 32.1. The highest BCUT2D eigenvalue weighted by Crippen LogP contribution is 2.24. The number of nitrogens with zero attached hydrogens (tertiary/aromatic N) is 2. The van der Waals surface area contributed by atoms with E-state index < -0.39 is 0 Å². The lowest BCUT2D eigenvalue weighted by molar-refractivity contribution is 0.415. The first-order chi connectivity index (χ1) is 14.2. The molecule has 29 heavy (non-hydrogen) atoms. The average Bonchev–Trinajstić information content (AvgIpc) is 3.40. The Balaban J connectivity index is 1.83. The predicted octanol–water partition coefficient (Wildman–Crippen LogP) is 4.91. The fraction of sp³-hybridized carbons (Fsp3) is 0.130. The van der Waals surface area contributed by atoms with E-state index in [-0.39, 0.29) is 5.56 Å². The minimum Gasteiger partial charge on any atom is -0.497 e. The molecule has 5 nitrogen and oxygen atoms in total. The molecule has 0 spiro atoms. The van der Waals surface area contributed by atoms with Crippen molar-refractivity contribution in [3.05, 3.63) is 92.9 Å². The van der Waals surface area contributed by atoms with Crippen LogP contribution in [0, 0.1) is 0 Å². The Morgan fingerprint density at radius 3 is 2.48 bits per heavy atom. The molecule has 0 saturated heterocycles. The van der Waals surface area contributed by atoms with Gasteiger partial charge < -0.3 is 4.74 Å². The quantitative estimate of drug-likeness (QED) is 0.465. The van der Waals surface area contributed by atoms with Gasteiger partial charge in [0.05, 0.1) is 30.6 Å². The first-order valence-corrected chi connectivity index (χ1v) is 10.1. The molecule has 0 aliphatic carbocycles. The molecule has 0 saturated carbocycles. The van der Waals surface area contributed by atoms with E-state index in [1.165, 1.54) is 0 Å². The Hall–Kier alpha value is -3.38. The Morgan fingerprint density at radius 2 is 1.83 bits per heavy atom. The summed E-state index contributed by atoms with van der Waals surface area (Å²) in [6.45, 7) is 2.45. The molecule has 146 valence electrons. The second-order valence-corrected chi connectivity index (χ2v) is 7.58. The van der Waals surface area contributed by atoms with Crippen molar-refractivity contribution < 1.29 is 4.74 Å². The van der Waals surface area contributed by atoms with Crippen LogP contribution in [0.2, 0.25) is 0 Å². The molecule has 0 atom stereocenters. The third-order valence-electron chi connectivity index (χ3n) is 4.70. The zero-order chi connectivity index (χ0) is 20.2. The Morgan fingerprint density at radius 1 is 1.07 bits per heavy atom. The number of H-pyrrole nitrogens is 1. The van der Waals surface area contributed by atoms with Crippen LogP contribution in [0.4, 0.5) is 0 Å². The third kappa shape index (κ3) is 3.93. The number of methoxy groups -OCH3 is 1. The third-order valence-corrected chi connectivity index (χ3v) is 5.56. The number of benzene rings is 2. The minimum absolute atomic E-state index is 0.116. The van der Waals surface area contributed by atoms with E-state index in [1.54, 1.807) is 23.1 Å². The van der Waals surface area contributed by atoms with Gasteiger partial charge in [0, 0.05) is 16.2 Å². The number of ether oxygens (including phenoxy) is 1. The fourth-order valence-corrected chi connectivity index (χ4v) is 3.80. The van der Waals surface area contributed by atoms with E-state index in [4.69, 9.17) is 9.73 Å². The van der Waals surface area contributed by atoms with Crippen LogP contribution in [0.3, 0.4) is 0 Å². The molecule has 1 N–H and O–H groups in total. The lowest BCUT2D eigenvalue weighted by atomic mass is 10.1. The van der Waals surface area contributed by atoms with Gasteiger partial charge in [-0.1, -0.05) is 24.3 Å². The minimum atomic E-state index is -0.116. The second kappa shape index (κ2) is 8.32. The van der Waals surface area contributed by atoms with E-state index in [9.17, 15) is 4.79 Å². The van der Waals surface area contributed by atoms with Crippen LogP contribution in [0.1, 0.15) is 17.4 Å². The summed E-state index contributed by atoms with van der Waals surface area (Å²) in [5.41, 5.74) is 3.60. The number of hydrogen-bond acceptors (Lipinski definition) is 4. The Labute approximate surface area is 172 Å². The van der Waals surface area contributed by atoms with Crippen LogP contribution in [0.5, 0.6) is 5.75 Å². The van der Waals surface area contributed by atoms with Gasteiger partial charge in [0.25, 0.3) is 5.56 Å². The maximum absolute atomic E-state index is 13.3. The SMILES string of the molecule is COc1ccc(-c2[nH]n(-c3ccccc3)c(=O)c2C(C)=NCc2cccs2)cc1. The zero-order valence-corrected chi connectivity index (χ0v) is 17.1. The number of aromatic nitrogens is 2. The molecule has 0 fully saturated rings. The van der Waals surface area contributed by atoms with E-state index >= 15 is 0 Å². The lowest BCUT2D eigenvalue weighted by Crippen LogP contribution is -2.19. The highest BCUT2D eigenvalue weighted by molar-refractivity contribution is 7.09. The van der Waals surface area contributed by atoms with Gasteiger partial charge in [0.15, 0.2) is 0 Å². The monoisotopic (exact) mass is 403 g/mol. The predicted molar refractivity (Wildman–Crippen MR) is 119 cm³/mol. The van der Waals surface area contributed by atoms with Gasteiger partial charge in [0.2, 0.25) is 0 Å². The van der Waals surface area contributed by atoms with Gasteiger partial charge in [0.1, 0.15) is 5.75 Å². The van der Waals surface area contributed by atoms with Gasteiger partial charge in [-0.25, -0.2) is 4.68 Å². The number of aromatic amines is 1. The van der Waals surface area contributed by atoms with Crippen LogP contribution in [0.25, 0.3) is 16.9 Å². The number of para-hydroxylation sites is 1. The van der Waals surface area contributed by atoms with E-state index in [0.29, 0.717) is 17.8 Å². The molecule has 2 aromatic heterocycles. The normalized spacial score (nSPS) is 11.6. The number of thiophene rings is 1. The summed E-state index contributed by atoms with van der Waals surface area (Å²) >= 11 is 1.66. The summed E-state index contributed by atoms with van der Waals surface area (Å²) in [6.07, 6.45) is 0. The molecule has 4 aromatic rings. The van der Waals surface area contributed by atoms with Crippen LogP contribution in [-0.2, 0) is 6.54 Å². The summed E-state index contributed by atoms with van der Waals surface area (Å²) in [4.78, 5) is 19.2. The van der Waals surface area contributed by atoms with E-state index in [1.807, 2.05) is 79.0 Å². The summed E-state index contributed by atoms with van der Waals surface area (Å²) < 4.78 is 6.83. The molecule has 0 aliphatic heterocycles. The van der Waals surface area contributed by atoms with Crippen molar-refractivity contribution in [2.24, 2.45) is 4.99 Å².